The van der Waals surface area contributed by atoms with Crippen molar-refractivity contribution in [1.82, 2.24) is 10.3 Å². The molecule has 4 rings (SSSR count). The maximum atomic E-state index is 13.8. The topological polar surface area (TPSA) is 92.7 Å². The average molecular weight is 522 g/mol. The average Bonchev–Trinajstić information content (AvgIpc) is 2.91. The van der Waals surface area contributed by atoms with E-state index in [2.05, 4.69) is 20.6 Å². The molecule has 2 N–H and O–H groups in total. The molecule has 2 heterocycles. The molecule has 1 aliphatic heterocycles. The van der Waals surface area contributed by atoms with E-state index < -0.39 is 23.8 Å². The number of halogens is 4. The minimum absolute atomic E-state index is 0.0771. The number of rotatable bonds is 5. The Hall–Kier alpha value is -3.20. The number of pyridine rings is 1. The second-order valence-corrected chi connectivity index (χ2v) is 8.32. The minimum Gasteiger partial charge on any atom is -0.477 e. The molecule has 0 aliphatic carbocycles. The van der Waals surface area contributed by atoms with Crippen molar-refractivity contribution in [3.05, 3.63) is 86.2 Å². The van der Waals surface area contributed by atoms with Gasteiger partial charge in [0.15, 0.2) is 0 Å². The van der Waals surface area contributed by atoms with Crippen LogP contribution in [0.2, 0.25) is 15.1 Å². The van der Waals surface area contributed by atoms with E-state index in [1.807, 2.05) is 0 Å². The molecule has 34 heavy (non-hydrogen) atoms. The van der Waals surface area contributed by atoms with Crippen molar-refractivity contribution < 1.29 is 18.7 Å². The molecule has 0 saturated heterocycles. The summed E-state index contributed by atoms with van der Waals surface area (Å²) in [6.07, 6.45) is -0.479. The SMILES string of the molecule is CCOc1ncc(F)cc1C(=O)NC1N=C(c2c(Cl)cc(Cl)cc2Cl)c2ccccc2NC1=O. The Morgan fingerprint density at radius 1 is 1.18 bits per heavy atom. The first-order chi connectivity index (χ1) is 16.3. The van der Waals surface area contributed by atoms with Crippen molar-refractivity contribution in [3.8, 4) is 5.88 Å². The molecular weight excluding hydrogens is 506 g/mol. The number of nitrogens with one attached hydrogen (secondary N) is 2. The molecule has 3 aromatic rings. The number of ether oxygens (including phenoxy) is 1. The molecule has 7 nitrogen and oxygen atoms in total. The monoisotopic (exact) mass is 520 g/mol. The molecule has 0 saturated carbocycles. The number of nitrogens with zero attached hydrogens (tertiary/aromatic N) is 2. The Kier molecular flexibility index (Phi) is 7.02. The standard InChI is InChI=1S/C23H16Cl3FN4O3/c1-2-34-23-14(9-12(27)10-28-23)21(32)31-20-22(33)29-17-6-4-3-5-13(17)19(30-20)18-15(25)7-11(24)8-16(18)26/h3-10,20H,2H2,1H3,(H,29,33)(H,31,32). The highest BCUT2D eigenvalue weighted by Gasteiger charge is 2.30. The third-order valence-electron chi connectivity index (χ3n) is 4.80. The summed E-state index contributed by atoms with van der Waals surface area (Å²) in [5.41, 5.74) is 1.37. The number of amides is 2. The molecule has 174 valence electrons. The van der Waals surface area contributed by atoms with Crippen molar-refractivity contribution in [1.29, 1.82) is 0 Å². The lowest BCUT2D eigenvalue weighted by atomic mass is 10.0. The number of para-hydroxylation sites is 1. The zero-order valence-electron chi connectivity index (χ0n) is 17.5. The van der Waals surface area contributed by atoms with Gasteiger partial charge in [-0.05, 0) is 31.2 Å². The predicted molar refractivity (Wildman–Crippen MR) is 129 cm³/mol. The lowest BCUT2D eigenvalue weighted by molar-refractivity contribution is -0.117. The van der Waals surface area contributed by atoms with Crippen molar-refractivity contribution in [2.75, 3.05) is 11.9 Å². The van der Waals surface area contributed by atoms with Crippen LogP contribution in [-0.4, -0.2) is 35.3 Å². The van der Waals surface area contributed by atoms with Gasteiger partial charge in [0.1, 0.15) is 11.4 Å². The van der Waals surface area contributed by atoms with Crippen molar-refractivity contribution >= 4 is 58.0 Å². The summed E-state index contributed by atoms with van der Waals surface area (Å²) in [6.45, 7) is 1.90. The number of anilines is 1. The number of benzodiazepines with no additional fused rings is 1. The first-order valence-corrected chi connectivity index (χ1v) is 11.1. The van der Waals surface area contributed by atoms with Crippen LogP contribution in [0.4, 0.5) is 10.1 Å². The number of carbonyl (C=O) groups is 2. The first kappa shape index (κ1) is 23.9. The van der Waals surface area contributed by atoms with Gasteiger partial charge < -0.3 is 15.4 Å². The normalized spacial score (nSPS) is 15.0. The van der Waals surface area contributed by atoms with E-state index in [1.54, 1.807) is 31.2 Å². The first-order valence-electron chi connectivity index (χ1n) is 10.0. The lowest BCUT2D eigenvalue weighted by Crippen LogP contribution is -2.42. The van der Waals surface area contributed by atoms with E-state index >= 15 is 0 Å². The van der Waals surface area contributed by atoms with Crippen LogP contribution in [0.15, 0.2) is 53.7 Å². The van der Waals surface area contributed by atoms with Crippen molar-refractivity contribution in [2.45, 2.75) is 13.1 Å². The number of aliphatic imine (C=N–C) groups is 1. The number of hydrogen-bond donors (Lipinski definition) is 2. The molecule has 0 bridgehead atoms. The van der Waals surface area contributed by atoms with E-state index in [-0.39, 0.29) is 33.8 Å². The molecule has 1 aliphatic rings. The van der Waals surface area contributed by atoms with Crippen LogP contribution in [0.3, 0.4) is 0 Å². The second-order valence-electron chi connectivity index (χ2n) is 7.07. The Morgan fingerprint density at radius 2 is 1.88 bits per heavy atom. The van der Waals surface area contributed by atoms with Crippen molar-refractivity contribution in [3.63, 3.8) is 0 Å². The Bertz CT molecular complexity index is 1310. The molecule has 0 radical (unpaired) electrons. The zero-order chi connectivity index (χ0) is 24.4. The highest BCUT2D eigenvalue weighted by molar-refractivity contribution is 6.44. The van der Waals surface area contributed by atoms with Gasteiger partial charge in [-0.25, -0.2) is 14.4 Å². The molecule has 1 unspecified atom stereocenters. The molecular formula is C23H16Cl3FN4O3. The fourth-order valence-electron chi connectivity index (χ4n) is 3.37. The van der Waals surface area contributed by atoms with Gasteiger partial charge in [-0.2, -0.15) is 0 Å². The summed E-state index contributed by atoms with van der Waals surface area (Å²) in [7, 11) is 0. The molecule has 1 aromatic heterocycles. The summed E-state index contributed by atoms with van der Waals surface area (Å²) in [6, 6.07) is 10.8. The van der Waals surface area contributed by atoms with Gasteiger partial charge in [0, 0.05) is 16.1 Å². The van der Waals surface area contributed by atoms with Crippen LogP contribution >= 0.6 is 34.8 Å². The van der Waals surface area contributed by atoms with Crippen molar-refractivity contribution in [2.24, 2.45) is 4.99 Å². The molecule has 11 heteroatoms. The molecule has 2 aromatic carbocycles. The van der Waals surface area contributed by atoms with E-state index in [4.69, 9.17) is 39.5 Å². The maximum Gasteiger partial charge on any atom is 0.269 e. The van der Waals surface area contributed by atoms with E-state index in [9.17, 15) is 14.0 Å². The van der Waals surface area contributed by atoms with Gasteiger partial charge in [0.2, 0.25) is 12.0 Å². The summed E-state index contributed by atoms with van der Waals surface area (Å²) >= 11 is 18.9. The molecule has 0 fully saturated rings. The lowest BCUT2D eigenvalue weighted by Gasteiger charge is -2.15. The Labute approximate surface area is 208 Å². The third-order valence-corrected chi connectivity index (χ3v) is 5.62. The van der Waals surface area contributed by atoms with E-state index in [1.165, 1.54) is 12.1 Å². The van der Waals surface area contributed by atoms with Gasteiger partial charge >= 0.3 is 0 Å². The number of fused-ring (bicyclic) bond motifs is 1. The van der Waals surface area contributed by atoms with Crippen LogP contribution in [-0.2, 0) is 4.79 Å². The van der Waals surface area contributed by atoms with Gasteiger partial charge in [-0.1, -0.05) is 53.0 Å². The Balaban J connectivity index is 1.80. The summed E-state index contributed by atoms with van der Waals surface area (Å²) < 4.78 is 19.1. The summed E-state index contributed by atoms with van der Waals surface area (Å²) in [5.74, 6) is -2.25. The van der Waals surface area contributed by atoms with Gasteiger partial charge in [0.25, 0.3) is 11.8 Å². The van der Waals surface area contributed by atoms with Gasteiger partial charge in [0.05, 0.1) is 34.2 Å². The van der Waals surface area contributed by atoms with E-state index in [0.717, 1.165) is 12.3 Å². The second kappa shape index (κ2) is 9.97. The predicted octanol–water partition coefficient (Wildman–Crippen LogP) is 5.13. The Morgan fingerprint density at radius 3 is 2.59 bits per heavy atom. The smallest absolute Gasteiger partial charge is 0.269 e. The van der Waals surface area contributed by atoms with Crippen LogP contribution in [0, 0.1) is 5.82 Å². The number of benzene rings is 2. The summed E-state index contributed by atoms with van der Waals surface area (Å²) in [5, 5.41) is 5.96. The maximum absolute atomic E-state index is 13.8. The quantitative estimate of drug-likeness (QED) is 0.487. The highest BCUT2D eigenvalue weighted by atomic mass is 35.5. The largest absolute Gasteiger partial charge is 0.477 e. The number of hydrogen-bond acceptors (Lipinski definition) is 5. The van der Waals surface area contributed by atoms with Crippen LogP contribution in [0.5, 0.6) is 5.88 Å². The molecule has 0 spiro atoms. The van der Waals surface area contributed by atoms with Gasteiger partial charge in [-0.15, -0.1) is 0 Å². The highest BCUT2D eigenvalue weighted by Crippen LogP contribution is 2.34. The van der Waals surface area contributed by atoms with Crippen LogP contribution < -0.4 is 15.4 Å². The van der Waals surface area contributed by atoms with Crippen LogP contribution in [0.25, 0.3) is 0 Å². The molecule has 2 amide bonds. The summed E-state index contributed by atoms with van der Waals surface area (Å²) in [4.78, 5) is 34.3. The van der Waals surface area contributed by atoms with E-state index in [0.29, 0.717) is 21.8 Å². The zero-order valence-corrected chi connectivity index (χ0v) is 19.8. The minimum atomic E-state index is -1.41. The fourth-order valence-corrected chi connectivity index (χ4v) is 4.36. The number of aromatic nitrogens is 1. The van der Waals surface area contributed by atoms with Gasteiger partial charge in [-0.3, -0.25) is 9.59 Å². The third kappa shape index (κ3) is 4.84. The number of carbonyl (C=O) groups excluding carboxylic acids is 2. The molecule has 1 atom stereocenters. The fraction of sp³-hybridized carbons (Fsp3) is 0.130. The van der Waals surface area contributed by atoms with Crippen LogP contribution in [0.1, 0.15) is 28.4 Å².